The number of aliphatic imine (C=N–C) groups is 1. The Balaban J connectivity index is 2.69. The van der Waals surface area contributed by atoms with E-state index in [1.165, 1.54) is 0 Å². The summed E-state index contributed by atoms with van der Waals surface area (Å²) in [6, 6.07) is 9.47. The highest BCUT2D eigenvalue weighted by Gasteiger charge is 2.28. The zero-order valence-corrected chi connectivity index (χ0v) is 16.6. The number of rotatable bonds is 2. The minimum Gasteiger partial charge on any atom is -0.504 e. The van der Waals surface area contributed by atoms with Crippen LogP contribution in [0.4, 0.5) is 5.69 Å². The molecule has 3 nitrogen and oxygen atoms in total. The predicted octanol–water partition coefficient (Wildman–Crippen LogP) is 5.73. The average Bonchev–Trinajstić information content (AvgIpc) is 2.47. The summed E-state index contributed by atoms with van der Waals surface area (Å²) < 4.78 is 0. The Hall–Kier alpha value is -1.94. The summed E-state index contributed by atoms with van der Waals surface area (Å²) in [6.07, 6.45) is 1.61. The molecule has 0 aliphatic carbocycles. The second-order valence-electron chi connectivity index (χ2n) is 8.33. The maximum Gasteiger partial charge on any atom is 0.167 e. The Morgan fingerprint density at radius 1 is 0.880 bits per heavy atom. The molecular weight excluding hydrogens is 330 g/mol. The number of benzene rings is 2. The van der Waals surface area contributed by atoms with Crippen LogP contribution in [0.5, 0.6) is 11.5 Å². The van der Waals surface area contributed by atoms with Crippen LogP contribution in [0.25, 0.3) is 0 Å². The van der Waals surface area contributed by atoms with E-state index in [9.17, 15) is 10.2 Å². The highest BCUT2D eigenvalue weighted by Crippen LogP contribution is 2.43. The number of thiol groups is 1. The van der Waals surface area contributed by atoms with Gasteiger partial charge < -0.3 is 10.2 Å². The summed E-state index contributed by atoms with van der Waals surface area (Å²) in [7, 11) is 0. The van der Waals surface area contributed by atoms with Crippen LogP contribution in [-0.2, 0) is 10.8 Å². The molecule has 4 heteroatoms. The van der Waals surface area contributed by atoms with E-state index in [4.69, 9.17) is 0 Å². The minimum absolute atomic E-state index is 0.0823. The van der Waals surface area contributed by atoms with E-state index in [2.05, 4.69) is 38.4 Å². The molecule has 0 aliphatic heterocycles. The maximum absolute atomic E-state index is 10.7. The molecule has 0 saturated heterocycles. The third kappa shape index (κ3) is 4.18. The fraction of sp³-hybridized carbons (Fsp3) is 0.381. The van der Waals surface area contributed by atoms with Crippen molar-refractivity contribution in [2.24, 2.45) is 4.99 Å². The first-order valence-corrected chi connectivity index (χ1v) is 8.79. The highest BCUT2D eigenvalue weighted by molar-refractivity contribution is 7.80. The van der Waals surface area contributed by atoms with E-state index in [0.29, 0.717) is 11.3 Å². The third-order valence-electron chi connectivity index (χ3n) is 4.14. The number of phenolic OH excluding ortho intramolecular Hbond substituents is 2. The minimum atomic E-state index is -0.283. The number of hydrogen-bond acceptors (Lipinski definition) is 4. The third-order valence-corrected chi connectivity index (χ3v) is 4.52. The Morgan fingerprint density at radius 2 is 1.44 bits per heavy atom. The van der Waals surface area contributed by atoms with Crippen LogP contribution in [0.3, 0.4) is 0 Å². The molecule has 2 aromatic rings. The first-order chi connectivity index (χ1) is 11.4. The lowest BCUT2D eigenvalue weighted by Crippen LogP contribution is -2.19. The second kappa shape index (κ2) is 6.75. The van der Waals surface area contributed by atoms with Gasteiger partial charge >= 0.3 is 0 Å². The summed E-state index contributed by atoms with van der Waals surface area (Å²) in [6.45, 7) is 12.3. The Kier molecular flexibility index (Phi) is 5.24. The molecule has 0 spiro atoms. The molecule has 0 aromatic heterocycles. The van der Waals surface area contributed by atoms with E-state index < -0.39 is 0 Å². The van der Waals surface area contributed by atoms with E-state index in [-0.39, 0.29) is 22.3 Å². The molecule has 0 amide bonds. The lowest BCUT2D eigenvalue weighted by molar-refractivity contribution is 0.386. The van der Waals surface area contributed by atoms with Crippen LogP contribution in [0.15, 0.2) is 40.2 Å². The number of para-hydroxylation sites is 1. The summed E-state index contributed by atoms with van der Waals surface area (Å²) >= 11 is 4.40. The van der Waals surface area contributed by atoms with Crippen LogP contribution in [0.2, 0.25) is 0 Å². The lowest BCUT2D eigenvalue weighted by atomic mass is 9.77. The fourth-order valence-electron chi connectivity index (χ4n) is 2.70. The van der Waals surface area contributed by atoms with Gasteiger partial charge in [0.15, 0.2) is 11.5 Å². The van der Waals surface area contributed by atoms with Crippen LogP contribution in [0, 0.1) is 0 Å². The van der Waals surface area contributed by atoms with Gasteiger partial charge in [-0.2, -0.15) is 0 Å². The predicted molar refractivity (Wildman–Crippen MR) is 108 cm³/mol. The molecule has 2 N–H and O–H groups in total. The normalized spacial score (nSPS) is 12.8. The van der Waals surface area contributed by atoms with Crippen LogP contribution >= 0.6 is 12.6 Å². The van der Waals surface area contributed by atoms with Crippen LogP contribution in [-0.4, -0.2) is 16.4 Å². The number of hydrogen-bond donors (Lipinski definition) is 3. The molecule has 0 aliphatic rings. The highest BCUT2D eigenvalue weighted by atomic mass is 32.1. The van der Waals surface area contributed by atoms with Gasteiger partial charge in [0, 0.05) is 22.2 Å². The molecule has 134 valence electrons. The molecule has 25 heavy (non-hydrogen) atoms. The average molecular weight is 358 g/mol. The van der Waals surface area contributed by atoms with Crippen LogP contribution < -0.4 is 0 Å². The summed E-state index contributed by atoms with van der Waals surface area (Å²) in [4.78, 5) is 5.23. The van der Waals surface area contributed by atoms with Gasteiger partial charge in [0.1, 0.15) is 0 Å². The van der Waals surface area contributed by atoms with Gasteiger partial charge in [-0.15, -0.1) is 12.6 Å². The summed E-state index contributed by atoms with van der Waals surface area (Å²) in [5.74, 6) is -0.209. The number of phenols is 2. The largest absolute Gasteiger partial charge is 0.504 e. The van der Waals surface area contributed by atoms with Crippen molar-refractivity contribution in [2.75, 3.05) is 0 Å². The topological polar surface area (TPSA) is 52.8 Å². The monoisotopic (exact) mass is 357 g/mol. The van der Waals surface area contributed by atoms with Crippen molar-refractivity contribution in [1.29, 1.82) is 0 Å². The van der Waals surface area contributed by atoms with E-state index in [1.807, 2.05) is 51.1 Å². The molecule has 0 unspecified atom stereocenters. The molecule has 0 heterocycles. The molecule has 0 fully saturated rings. The molecule has 0 saturated carbocycles. The van der Waals surface area contributed by atoms with Gasteiger partial charge in [-0.25, -0.2) is 0 Å². The van der Waals surface area contributed by atoms with Crippen molar-refractivity contribution in [2.45, 2.75) is 57.3 Å². The van der Waals surface area contributed by atoms with Gasteiger partial charge in [0.25, 0.3) is 0 Å². The Bertz CT molecular complexity index is 812. The second-order valence-corrected chi connectivity index (χ2v) is 8.81. The van der Waals surface area contributed by atoms with Crippen molar-refractivity contribution >= 4 is 24.5 Å². The molecule has 2 aromatic carbocycles. The fourth-order valence-corrected chi connectivity index (χ4v) is 2.92. The van der Waals surface area contributed by atoms with E-state index in [1.54, 1.807) is 6.21 Å². The molecular formula is C21H27NO2S. The first kappa shape index (κ1) is 19.4. The smallest absolute Gasteiger partial charge is 0.167 e. The van der Waals surface area contributed by atoms with Gasteiger partial charge in [-0.3, -0.25) is 4.99 Å². The van der Waals surface area contributed by atoms with Crippen molar-refractivity contribution in [3.8, 4) is 11.5 Å². The molecule has 0 atom stereocenters. The number of aromatic hydroxyl groups is 2. The summed E-state index contributed by atoms with van der Waals surface area (Å²) in [5, 5.41) is 21.2. The Labute approximate surface area is 155 Å². The zero-order valence-electron chi connectivity index (χ0n) is 15.8. The first-order valence-electron chi connectivity index (χ1n) is 8.35. The SMILES string of the molecule is CC(C)(C)c1cc(C(C)(C)C)c(C=Nc2ccccc2S)c(O)c1O. The standard InChI is InChI=1S/C21H27NO2S/c1-20(2,3)14-11-15(21(4,5)6)19(24)18(23)13(14)12-22-16-9-7-8-10-17(16)25/h7-12,23-25H,1-6H3. The van der Waals surface area contributed by atoms with E-state index in [0.717, 1.165) is 16.0 Å². The van der Waals surface area contributed by atoms with Crippen LogP contribution in [0.1, 0.15) is 58.2 Å². The quantitative estimate of drug-likeness (QED) is 0.365. The molecule has 2 rings (SSSR count). The van der Waals surface area contributed by atoms with Crippen molar-refractivity contribution in [3.63, 3.8) is 0 Å². The summed E-state index contributed by atoms with van der Waals surface area (Å²) in [5.41, 5.74) is 2.41. The van der Waals surface area contributed by atoms with Gasteiger partial charge in [-0.1, -0.05) is 59.7 Å². The molecule has 0 bridgehead atoms. The van der Waals surface area contributed by atoms with Gasteiger partial charge in [0.2, 0.25) is 0 Å². The lowest BCUT2D eigenvalue weighted by Gasteiger charge is -2.28. The molecule has 0 radical (unpaired) electrons. The maximum atomic E-state index is 10.7. The van der Waals surface area contributed by atoms with E-state index >= 15 is 0 Å². The van der Waals surface area contributed by atoms with Crippen molar-refractivity contribution < 1.29 is 10.2 Å². The van der Waals surface area contributed by atoms with Crippen molar-refractivity contribution in [3.05, 3.63) is 47.0 Å². The van der Waals surface area contributed by atoms with Gasteiger partial charge in [0.05, 0.1) is 5.69 Å². The Morgan fingerprint density at radius 3 is 1.96 bits per heavy atom. The van der Waals surface area contributed by atoms with Gasteiger partial charge in [-0.05, 0) is 28.5 Å². The van der Waals surface area contributed by atoms with Crippen molar-refractivity contribution in [1.82, 2.24) is 0 Å². The zero-order chi connectivity index (χ0) is 19.0. The number of nitrogens with zero attached hydrogens (tertiary/aromatic N) is 1.